The summed E-state index contributed by atoms with van der Waals surface area (Å²) in [6.45, 7) is 5.80. The van der Waals surface area contributed by atoms with Crippen LogP contribution in [0.3, 0.4) is 0 Å². The number of carbonyl (C=O) groups excluding carboxylic acids is 1. The molecule has 2 aromatic carbocycles. The van der Waals surface area contributed by atoms with Crippen molar-refractivity contribution in [3.63, 3.8) is 0 Å². The van der Waals surface area contributed by atoms with Crippen molar-refractivity contribution >= 4 is 5.97 Å². The topological polar surface area (TPSA) is 44.1 Å². The van der Waals surface area contributed by atoms with E-state index in [2.05, 4.69) is 5.10 Å². The maximum Gasteiger partial charge on any atom is 0.344 e. The summed E-state index contributed by atoms with van der Waals surface area (Å²) >= 11 is 0. The Bertz CT molecular complexity index is 915. The fraction of sp³-hybridized carbons (Fsp3) is 0.158. The van der Waals surface area contributed by atoms with Gasteiger partial charge in [0.1, 0.15) is 5.82 Å². The van der Waals surface area contributed by atoms with E-state index in [0.717, 1.165) is 28.6 Å². The molecule has 0 radical (unpaired) electrons. The van der Waals surface area contributed by atoms with Crippen LogP contribution >= 0.6 is 0 Å². The summed E-state index contributed by atoms with van der Waals surface area (Å²) in [6, 6.07) is 13.0. The molecule has 0 unspecified atom stereocenters. The van der Waals surface area contributed by atoms with Crippen molar-refractivity contribution < 1.29 is 13.9 Å². The average Bonchev–Trinajstić information content (AvgIpc) is 2.87. The van der Waals surface area contributed by atoms with Crippen LogP contribution in [-0.2, 0) is 0 Å². The Balaban J connectivity index is 1.96. The summed E-state index contributed by atoms with van der Waals surface area (Å²) < 4.78 is 20.3. The molecule has 4 nitrogen and oxygen atoms in total. The summed E-state index contributed by atoms with van der Waals surface area (Å²) in [4.78, 5) is 12.3. The number of hydrogen-bond acceptors (Lipinski definition) is 3. The highest BCUT2D eigenvalue weighted by Crippen LogP contribution is 2.23. The second-order valence-electron chi connectivity index (χ2n) is 5.73. The molecular weight excluding hydrogens is 307 g/mol. The highest BCUT2D eigenvalue weighted by Gasteiger charge is 2.16. The molecule has 0 aliphatic heterocycles. The Kier molecular flexibility index (Phi) is 4.16. The van der Waals surface area contributed by atoms with Gasteiger partial charge in [0.25, 0.3) is 0 Å². The first kappa shape index (κ1) is 15.9. The summed E-state index contributed by atoms with van der Waals surface area (Å²) in [5.41, 5.74) is 3.85. The molecule has 24 heavy (non-hydrogen) atoms. The predicted octanol–water partition coefficient (Wildman–Crippen LogP) is 4.16. The van der Waals surface area contributed by atoms with E-state index >= 15 is 0 Å². The van der Waals surface area contributed by atoms with Crippen molar-refractivity contribution in [3.8, 4) is 11.6 Å². The number of esters is 1. The third-order valence-electron chi connectivity index (χ3n) is 3.64. The fourth-order valence-electron chi connectivity index (χ4n) is 2.53. The smallest absolute Gasteiger partial charge is 0.344 e. The van der Waals surface area contributed by atoms with Crippen molar-refractivity contribution in [2.45, 2.75) is 20.8 Å². The Morgan fingerprint density at radius 3 is 2.58 bits per heavy atom. The standard InChI is InChI=1S/C19H17FN2O2/c1-12-7-8-17(13(2)9-12)22-18(10-14(3)21-22)24-19(23)15-5-4-6-16(20)11-15/h4-11H,1-3H3. The van der Waals surface area contributed by atoms with E-state index in [1.165, 1.54) is 18.2 Å². The SMILES string of the molecule is Cc1ccc(-n2nc(C)cc2OC(=O)c2cccc(F)c2)c(C)c1. The zero-order valence-electron chi connectivity index (χ0n) is 13.7. The molecule has 0 aliphatic rings. The molecule has 122 valence electrons. The lowest BCUT2D eigenvalue weighted by molar-refractivity contribution is 0.0722. The number of nitrogens with zero attached hydrogens (tertiary/aromatic N) is 2. The Labute approximate surface area is 139 Å². The predicted molar refractivity (Wildman–Crippen MR) is 89.1 cm³/mol. The summed E-state index contributed by atoms with van der Waals surface area (Å²) in [7, 11) is 0. The quantitative estimate of drug-likeness (QED) is 0.680. The molecule has 0 bridgehead atoms. The van der Waals surface area contributed by atoms with Gasteiger partial charge in [-0.1, -0.05) is 23.8 Å². The van der Waals surface area contributed by atoms with E-state index in [9.17, 15) is 9.18 Å². The summed E-state index contributed by atoms with van der Waals surface area (Å²) in [6.07, 6.45) is 0. The van der Waals surface area contributed by atoms with Crippen molar-refractivity contribution in [2.24, 2.45) is 0 Å². The second kappa shape index (κ2) is 6.28. The van der Waals surface area contributed by atoms with Crippen LogP contribution in [0.1, 0.15) is 27.2 Å². The number of rotatable bonds is 3. The molecule has 5 heteroatoms. The molecule has 3 rings (SSSR count). The first-order valence-corrected chi connectivity index (χ1v) is 7.56. The van der Waals surface area contributed by atoms with Gasteiger partial charge in [-0.2, -0.15) is 5.10 Å². The van der Waals surface area contributed by atoms with E-state index in [-0.39, 0.29) is 5.56 Å². The molecule has 1 heterocycles. The van der Waals surface area contributed by atoms with Gasteiger partial charge < -0.3 is 4.74 Å². The first-order chi connectivity index (χ1) is 11.4. The minimum atomic E-state index is -0.625. The molecule has 0 N–H and O–H groups in total. The Hall–Kier alpha value is -2.95. The molecule has 0 atom stereocenters. The lowest BCUT2D eigenvalue weighted by Crippen LogP contribution is -2.12. The number of aromatic nitrogens is 2. The van der Waals surface area contributed by atoms with Gasteiger partial charge in [0.15, 0.2) is 0 Å². The van der Waals surface area contributed by atoms with E-state index in [1.807, 2.05) is 39.0 Å². The van der Waals surface area contributed by atoms with Crippen LogP contribution in [0.25, 0.3) is 5.69 Å². The van der Waals surface area contributed by atoms with Gasteiger partial charge in [0, 0.05) is 6.07 Å². The highest BCUT2D eigenvalue weighted by atomic mass is 19.1. The van der Waals surface area contributed by atoms with Gasteiger partial charge in [-0.25, -0.2) is 13.9 Å². The van der Waals surface area contributed by atoms with E-state index in [0.29, 0.717) is 5.88 Å². The summed E-state index contributed by atoms with van der Waals surface area (Å²) in [5, 5.41) is 4.40. The van der Waals surface area contributed by atoms with Crippen molar-refractivity contribution in [1.29, 1.82) is 0 Å². The van der Waals surface area contributed by atoms with Gasteiger partial charge in [0.05, 0.1) is 16.9 Å². The Morgan fingerprint density at radius 1 is 1.08 bits per heavy atom. The van der Waals surface area contributed by atoms with Gasteiger partial charge >= 0.3 is 5.97 Å². The minimum absolute atomic E-state index is 0.154. The number of benzene rings is 2. The molecule has 0 spiro atoms. The van der Waals surface area contributed by atoms with Gasteiger partial charge in [-0.15, -0.1) is 0 Å². The lowest BCUT2D eigenvalue weighted by Gasteiger charge is -2.11. The third-order valence-corrected chi connectivity index (χ3v) is 3.64. The lowest BCUT2D eigenvalue weighted by atomic mass is 10.1. The number of aryl methyl sites for hydroxylation is 3. The molecule has 3 aromatic rings. The average molecular weight is 324 g/mol. The van der Waals surface area contributed by atoms with Crippen LogP contribution < -0.4 is 4.74 Å². The van der Waals surface area contributed by atoms with Gasteiger partial charge in [-0.05, 0) is 50.6 Å². The van der Waals surface area contributed by atoms with Gasteiger partial charge in [0.2, 0.25) is 5.88 Å². The zero-order valence-corrected chi connectivity index (χ0v) is 13.7. The zero-order chi connectivity index (χ0) is 17.3. The molecule has 0 amide bonds. The molecule has 0 aliphatic carbocycles. The van der Waals surface area contributed by atoms with Crippen molar-refractivity contribution in [2.75, 3.05) is 0 Å². The van der Waals surface area contributed by atoms with Crippen LogP contribution in [-0.4, -0.2) is 15.7 Å². The molecule has 0 saturated heterocycles. The monoisotopic (exact) mass is 324 g/mol. The largest absolute Gasteiger partial charge is 0.404 e. The number of carbonyl (C=O) groups is 1. The van der Waals surface area contributed by atoms with E-state index in [1.54, 1.807) is 10.7 Å². The first-order valence-electron chi connectivity index (χ1n) is 7.56. The molecule has 1 aromatic heterocycles. The fourth-order valence-corrected chi connectivity index (χ4v) is 2.53. The summed E-state index contributed by atoms with van der Waals surface area (Å²) in [5.74, 6) is -0.808. The minimum Gasteiger partial charge on any atom is -0.404 e. The van der Waals surface area contributed by atoms with Crippen LogP contribution in [0.5, 0.6) is 5.88 Å². The van der Waals surface area contributed by atoms with E-state index in [4.69, 9.17) is 4.74 Å². The van der Waals surface area contributed by atoms with Crippen LogP contribution in [0.15, 0.2) is 48.5 Å². The second-order valence-corrected chi connectivity index (χ2v) is 5.73. The number of hydrogen-bond donors (Lipinski definition) is 0. The Morgan fingerprint density at radius 2 is 1.88 bits per heavy atom. The molecular formula is C19H17FN2O2. The maximum absolute atomic E-state index is 13.3. The third kappa shape index (κ3) is 3.20. The molecule has 0 fully saturated rings. The van der Waals surface area contributed by atoms with Crippen molar-refractivity contribution in [3.05, 3.63) is 76.7 Å². The molecule has 0 saturated carbocycles. The highest BCUT2D eigenvalue weighted by molar-refractivity contribution is 5.90. The van der Waals surface area contributed by atoms with Crippen LogP contribution in [0.4, 0.5) is 4.39 Å². The normalized spacial score (nSPS) is 10.7. The maximum atomic E-state index is 13.3. The van der Waals surface area contributed by atoms with Crippen molar-refractivity contribution in [1.82, 2.24) is 9.78 Å². The van der Waals surface area contributed by atoms with Crippen LogP contribution in [0.2, 0.25) is 0 Å². The van der Waals surface area contributed by atoms with Gasteiger partial charge in [-0.3, -0.25) is 0 Å². The number of halogens is 1. The number of ether oxygens (including phenoxy) is 1. The van der Waals surface area contributed by atoms with E-state index < -0.39 is 11.8 Å². The van der Waals surface area contributed by atoms with Crippen LogP contribution in [0, 0.1) is 26.6 Å².